The van der Waals surface area contributed by atoms with Gasteiger partial charge in [-0.25, -0.2) is 9.59 Å². The minimum Gasteiger partial charge on any atom is -0.480 e. The van der Waals surface area contributed by atoms with E-state index in [1.54, 1.807) is 4.90 Å². The van der Waals surface area contributed by atoms with E-state index in [0.29, 0.717) is 11.8 Å². The van der Waals surface area contributed by atoms with Gasteiger partial charge < -0.3 is 20.0 Å². The molecule has 2 amide bonds. The van der Waals surface area contributed by atoms with Crippen molar-refractivity contribution in [2.45, 2.75) is 37.8 Å². The molecule has 0 aromatic heterocycles. The number of amides is 2. The Labute approximate surface area is 112 Å². The lowest BCUT2D eigenvalue weighted by atomic mass is 10.0. The number of rotatable bonds is 1. The normalized spacial score (nSPS) is 37.7. The molecule has 4 atom stereocenters. The zero-order chi connectivity index (χ0) is 13.6. The molecule has 0 aromatic carbocycles. The number of β-amino-alcohol motifs (C(OH)–C–C–N with tert-alkyl or cyclic N) is 1. The van der Waals surface area contributed by atoms with E-state index in [4.69, 9.17) is 5.11 Å². The molecule has 6 nitrogen and oxygen atoms in total. The molecule has 19 heavy (non-hydrogen) atoms. The molecule has 0 bridgehead atoms. The highest BCUT2D eigenvalue weighted by molar-refractivity contribution is 5.83. The highest BCUT2D eigenvalue weighted by Crippen LogP contribution is 2.38. The molecule has 6 heteroatoms. The zero-order valence-corrected chi connectivity index (χ0v) is 10.9. The molecule has 0 radical (unpaired) electrons. The van der Waals surface area contributed by atoms with Crippen LogP contribution in [0.5, 0.6) is 0 Å². The Hall–Kier alpha value is -1.30. The van der Waals surface area contributed by atoms with Gasteiger partial charge in [-0.2, -0.15) is 0 Å². The van der Waals surface area contributed by atoms with Crippen molar-refractivity contribution in [1.29, 1.82) is 0 Å². The van der Waals surface area contributed by atoms with Crippen LogP contribution < -0.4 is 0 Å². The molecular weight excluding hydrogens is 248 g/mol. The SMILES string of the molecule is O=C(O)[C@@H]1C[C@H](O)CN1C(=O)N1CC2CCCC2C1. The first-order valence-corrected chi connectivity index (χ1v) is 7.02. The molecule has 1 saturated carbocycles. The Morgan fingerprint density at radius 3 is 2.26 bits per heavy atom. The molecule has 106 valence electrons. The molecule has 0 spiro atoms. The second kappa shape index (κ2) is 4.67. The van der Waals surface area contributed by atoms with Crippen molar-refractivity contribution in [1.82, 2.24) is 9.80 Å². The smallest absolute Gasteiger partial charge is 0.326 e. The van der Waals surface area contributed by atoms with Crippen LogP contribution in [0.1, 0.15) is 25.7 Å². The second-order valence-corrected chi connectivity index (χ2v) is 6.03. The van der Waals surface area contributed by atoms with Gasteiger partial charge in [0, 0.05) is 26.1 Å². The summed E-state index contributed by atoms with van der Waals surface area (Å²) in [7, 11) is 0. The van der Waals surface area contributed by atoms with Crippen LogP contribution >= 0.6 is 0 Å². The summed E-state index contributed by atoms with van der Waals surface area (Å²) < 4.78 is 0. The molecule has 2 unspecified atom stereocenters. The summed E-state index contributed by atoms with van der Waals surface area (Å²) >= 11 is 0. The van der Waals surface area contributed by atoms with E-state index >= 15 is 0 Å². The van der Waals surface area contributed by atoms with Crippen molar-refractivity contribution in [2.75, 3.05) is 19.6 Å². The second-order valence-electron chi connectivity index (χ2n) is 6.03. The van der Waals surface area contributed by atoms with Crippen LogP contribution in [-0.4, -0.2) is 63.8 Å². The van der Waals surface area contributed by atoms with E-state index in [9.17, 15) is 14.7 Å². The van der Waals surface area contributed by atoms with Gasteiger partial charge in [-0.3, -0.25) is 0 Å². The van der Waals surface area contributed by atoms with Gasteiger partial charge in [0.2, 0.25) is 0 Å². The highest BCUT2D eigenvalue weighted by Gasteiger charge is 2.44. The number of likely N-dealkylation sites (tertiary alicyclic amines) is 2. The van der Waals surface area contributed by atoms with Crippen LogP contribution in [0.2, 0.25) is 0 Å². The number of aliphatic carboxylic acids is 1. The van der Waals surface area contributed by atoms with Crippen LogP contribution in [0.25, 0.3) is 0 Å². The fourth-order valence-corrected chi connectivity index (χ4v) is 3.83. The van der Waals surface area contributed by atoms with E-state index in [0.717, 1.165) is 13.1 Å². The maximum atomic E-state index is 12.4. The van der Waals surface area contributed by atoms with E-state index < -0.39 is 18.1 Å². The average molecular weight is 268 g/mol. The Kier molecular flexibility index (Phi) is 3.12. The number of hydrogen-bond donors (Lipinski definition) is 2. The standard InChI is InChI=1S/C13H20N2O4/c16-10-4-11(12(17)18)15(7-10)13(19)14-5-8-2-1-3-9(8)6-14/h8-11,16H,1-7H2,(H,17,18)/t8?,9?,10-,11-/m0/s1. The lowest BCUT2D eigenvalue weighted by Gasteiger charge is -2.27. The molecule has 2 aliphatic heterocycles. The third-order valence-electron chi connectivity index (χ3n) is 4.81. The fraction of sp³-hybridized carbons (Fsp3) is 0.846. The van der Waals surface area contributed by atoms with Crippen LogP contribution in [0.3, 0.4) is 0 Å². The number of hydrogen-bond acceptors (Lipinski definition) is 3. The van der Waals surface area contributed by atoms with Crippen LogP contribution in [0, 0.1) is 11.8 Å². The summed E-state index contributed by atoms with van der Waals surface area (Å²) in [6.07, 6.45) is 3.03. The summed E-state index contributed by atoms with van der Waals surface area (Å²) in [6.45, 7) is 1.65. The van der Waals surface area contributed by atoms with Gasteiger partial charge in [0.25, 0.3) is 0 Å². The summed E-state index contributed by atoms with van der Waals surface area (Å²) in [5, 5.41) is 18.7. The average Bonchev–Trinajstić information content (AvgIpc) is 2.99. The van der Waals surface area contributed by atoms with E-state index in [-0.39, 0.29) is 19.0 Å². The largest absolute Gasteiger partial charge is 0.480 e. The molecule has 3 fully saturated rings. The number of aliphatic hydroxyl groups excluding tert-OH is 1. The summed E-state index contributed by atoms with van der Waals surface area (Å²) in [6, 6.07) is -1.08. The number of carboxylic acids is 1. The van der Waals surface area contributed by atoms with Crippen molar-refractivity contribution in [3.8, 4) is 0 Å². The maximum Gasteiger partial charge on any atom is 0.326 e. The number of urea groups is 1. The first-order valence-electron chi connectivity index (χ1n) is 7.02. The molecular formula is C13H20N2O4. The zero-order valence-electron chi connectivity index (χ0n) is 10.9. The van der Waals surface area contributed by atoms with Crippen molar-refractivity contribution >= 4 is 12.0 Å². The molecule has 1 aliphatic carbocycles. The van der Waals surface area contributed by atoms with E-state index in [1.165, 1.54) is 24.2 Å². The Morgan fingerprint density at radius 2 is 1.68 bits per heavy atom. The molecule has 3 aliphatic rings. The lowest BCUT2D eigenvalue weighted by molar-refractivity contribution is -0.141. The number of nitrogens with zero attached hydrogens (tertiary/aromatic N) is 2. The number of carbonyl (C=O) groups is 2. The van der Waals surface area contributed by atoms with Gasteiger partial charge in [-0.15, -0.1) is 0 Å². The quantitative estimate of drug-likeness (QED) is 0.719. The van der Waals surface area contributed by atoms with Crippen LogP contribution in [0.15, 0.2) is 0 Å². The van der Waals surface area contributed by atoms with E-state index in [2.05, 4.69) is 0 Å². The number of carbonyl (C=O) groups excluding carboxylic acids is 1. The van der Waals surface area contributed by atoms with Gasteiger partial charge in [-0.05, 0) is 24.7 Å². The number of aliphatic hydroxyl groups is 1. The predicted molar refractivity (Wildman–Crippen MR) is 66.6 cm³/mol. The molecule has 2 heterocycles. The lowest BCUT2D eigenvalue weighted by Crippen LogP contribution is -2.47. The van der Waals surface area contributed by atoms with Gasteiger partial charge in [0.1, 0.15) is 6.04 Å². The number of carboxylic acid groups (broad SMARTS) is 1. The van der Waals surface area contributed by atoms with Crippen LogP contribution in [-0.2, 0) is 4.79 Å². The Morgan fingerprint density at radius 1 is 1.05 bits per heavy atom. The maximum absolute atomic E-state index is 12.4. The fourth-order valence-electron chi connectivity index (χ4n) is 3.83. The predicted octanol–water partition coefficient (Wildman–Crippen LogP) is 0.358. The first kappa shape index (κ1) is 12.7. The van der Waals surface area contributed by atoms with Crippen LogP contribution in [0.4, 0.5) is 4.79 Å². The third kappa shape index (κ3) is 2.18. The first-order chi connectivity index (χ1) is 9.06. The third-order valence-corrected chi connectivity index (χ3v) is 4.81. The summed E-state index contributed by atoms with van der Waals surface area (Å²) in [4.78, 5) is 26.7. The number of fused-ring (bicyclic) bond motifs is 1. The van der Waals surface area contributed by atoms with Crippen molar-refractivity contribution in [3.05, 3.63) is 0 Å². The molecule has 3 rings (SSSR count). The van der Waals surface area contributed by atoms with Gasteiger partial charge in [0.15, 0.2) is 0 Å². The van der Waals surface area contributed by atoms with Crippen molar-refractivity contribution in [3.63, 3.8) is 0 Å². The van der Waals surface area contributed by atoms with E-state index in [1.807, 2.05) is 0 Å². The Balaban J connectivity index is 1.68. The van der Waals surface area contributed by atoms with Gasteiger partial charge in [0.05, 0.1) is 6.10 Å². The summed E-state index contributed by atoms with van der Waals surface area (Å²) in [5.41, 5.74) is 0. The molecule has 0 aromatic rings. The highest BCUT2D eigenvalue weighted by atomic mass is 16.4. The van der Waals surface area contributed by atoms with Crippen molar-refractivity contribution < 1.29 is 19.8 Å². The minimum atomic E-state index is -1.02. The topological polar surface area (TPSA) is 81.1 Å². The molecule has 2 saturated heterocycles. The monoisotopic (exact) mass is 268 g/mol. The van der Waals surface area contributed by atoms with Gasteiger partial charge >= 0.3 is 12.0 Å². The Bertz CT molecular complexity index is 388. The van der Waals surface area contributed by atoms with Gasteiger partial charge in [-0.1, -0.05) is 6.42 Å². The van der Waals surface area contributed by atoms with Crippen molar-refractivity contribution in [2.24, 2.45) is 11.8 Å². The minimum absolute atomic E-state index is 0.141. The molecule has 2 N–H and O–H groups in total. The summed E-state index contributed by atoms with van der Waals surface area (Å²) in [5.74, 6) is 0.170.